The summed E-state index contributed by atoms with van der Waals surface area (Å²) in [5.74, 6) is 0.696. The molecule has 0 radical (unpaired) electrons. The van der Waals surface area contributed by atoms with E-state index < -0.39 is 0 Å². The molecule has 2 nitrogen and oxygen atoms in total. The summed E-state index contributed by atoms with van der Waals surface area (Å²) in [6, 6.07) is 0. The number of allylic oxidation sites excluding steroid dienone is 1. The molecular weight excluding hydrogens is 216 g/mol. The lowest BCUT2D eigenvalue weighted by Crippen LogP contribution is -2.12. The number of aromatic nitrogens is 1. The van der Waals surface area contributed by atoms with E-state index in [-0.39, 0.29) is 0 Å². The predicted molar refractivity (Wildman–Crippen MR) is 71.8 cm³/mol. The summed E-state index contributed by atoms with van der Waals surface area (Å²) in [6.45, 7) is 8.52. The molecule has 0 fully saturated rings. The second-order valence-electron chi connectivity index (χ2n) is 4.35. The molecule has 0 aromatic carbocycles. The van der Waals surface area contributed by atoms with E-state index in [9.17, 15) is 0 Å². The lowest BCUT2D eigenvalue weighted by atomic mass is 10.1. The van der Waals surface area contributed by atoms with Crippen molar-refractivity contribution in [3.63, 3.8) is 0 Å². The van der Waals surface area contributed by atoms with E-state index in [0.717, 1.165) is 25.9 Å². The van der Waals surface area contributed by atoms with Crippen molar-refractivity contribution in [3.8, 4) is 0 Å². The van der Waals surface area contributed by atoms with Gasteiger partial charge in [-0.1, -0.05) is 26.0 Å². The van der Waals surface area contributed by atoms with Crippen LogP contribution in [0.15, 0.2) is 18.3 Å². The molecule has 0 saturated heterocycles. The Balaban J connectivity index is 2.24. The fourth-order valence-electron chi connectivity index (χ4n) is 1.44. The molecule has 3 heteroatoms. The van der Waals surface area contributed by atoms with E-state index in [1.807, 2.05) is 17.5 Å². The number of rotatable bonds is 7. The van der Waals surface area contributed by atoms with Crippen LogP contribution in [0.3, 0.4) is 0 Å². The van der Waals surface area contributed by atoms with Crippen LogP contribution in [0, 0.1) is 5.92 Å². The van der Waals surface area contributed by atoms with Crippen molar-refractivity contribution < 1.29 is 0 Å². The van der Waals surface area contributed by atoms with Crippen molar-refractivity contribution in [1.82, 2.24) is 10.3 Å². The first kappa shape index (κ1) is 13.4. The average Bonchev–Trinajstić information content (AvgIpc) is 2.64. The summed E-state index contributed by atoms with van der Waals surface area (Å²) in [5, 5.41) is 4.69. The fraction of sp³-hybridized carbons (Fsp3) is 0.615. The SMILES string of the molecule is C/C=C/CCNCc1cnc(CC(C)C)s1. The Bertz CT molecular complexity index is 315. The minimum atomic E-state index is 0.696. The summed E-state index contributed by atoms with van der Waals surface area (Å²) in [7, 11) is 0. The summed E-state index contributed by atoms with van der Waals surface area (Å²) in [4.78, 5) is 5.78. The number of nitrogens with zero attached hydrogens (tertiary/aromatic N) is 1. The number of hydrogen-bond donors (Lipinski definition) is 1. The Morgan fingerprint density at radius 1 is 1.50 bits per heavy atom. The maximum atomic E-state index is 4.44. The van der Waals surface area contributed by atoms with E-state index in [1.165, 1.54) is 9.88 Å². The molecule has 16 heavy (non-hydrogen) atoms. The molecule has 0 aliphatic carbocycles. The van der Waals surface area contributed by atoms with Crippen molar-refractivity contribution in [2.75, 3.05) is 6.54 Å². The highest BCUT2D eigenvalue weighted by molar-refractivity contribution is 7.11. The molecule has 1 rings (SSSR count). The third-order valence-corrected chi connectivity index (χ3v) is 3.23. The van der Waals surface area contributed by atoms with Gasteiger partial charge in [-0.3, -0.25) is 0 Å². The average molecular weight is 238 g/mol. The third kappa shape index (κ3) is 5.42. The van der Waals surface area contributed by atoms with Gasteiger partial charge < -0.3 is 5.32 Å². The molecule has 1 aromatic heterocycles. The predicted octanol–water partition coefficient (Wildman–Crippen LogP) is 3.40. The van der Waals surface area contributed by atoms with Gasteiger partial charge in [-0.15, -0.1) is 11.3 Å². The van der Waals surface area contributed by atoms with Gasteiger partial charge in [-0.2, -0.15) is 0 Å². The Hall–Kier alpha value is -0.670. The zero-order valence-electron chi connectivity index (χ0n) is 10.5. The van der Waals surface area contributed by atoms with Crippen LogP contribution in [0.1, 0.15) is 37.1 Å². The third-order valence-electron chi connectivity index (χ3n) is 2.21. The first-order valence-corrected chi connectivity index (χ1v) is 6.79. The van der Waals surface area contributed by atoms with Gasteiger partial charge >= 0.3 is 0 Å². The maximum Gasteiger partial charge on any atom is 0.0930 e. The van der Waals surface area contributed by atoms with Gasteiger partial charge in [-0.25, -0.2) is 4.98 Å². The minimum Gasteiger partial charge on any atom is -0.311 e. The van der Waals surface area contributed by atoms with Crippen molar-refractivity contribution in [2.45, 2.75) is 40.2 Å². The van der Waals surface area contributed by atoms with Crippen LogP contribution in [0.25, 0.3) is 0 Å². The summed E-state index contributed by atoms with van der Waals surface area (Å²) in [5.41, 5.74) is 0. The molecule has 0 spiro atoms. The number of nitrogens with one attached hydrogen (secondary N) is 1. The van der Waals surface area contributed by atoms with Gasteiger partial charge in [-0.05, 0) is 25.8 Å². The van der Waals surface area contributed by atoms with Gasteiger partial charge in [0.1, 0.15) is 0 Å². The van der Waals surface area contributed by atoms with Crippen LogP contribution in [-0.2, 0) is 13.0 Å². The molecule has 0 atom stereocenters. The summed E-state index contributed by atoms with van der Waals surface area (Å²) >= 11 is 1.83. The minimum absolute atomic E-state index is 0.696. The highest BCUT2D eigenvalue weighted by Crippen LogP contribution is 2.16. The Kier molecular flexibility index (Phi) is 6.34. The van der Waals surface area contributed by atoms with E-state index in [2.05, 4.69) is 43.2 Å². The number of thiazole rings is 1. The quantitative estimate of drug-likeness (QED) is 0.582. The molecule has 0 unspecified atom stereocenters. The molecule has 0 saturated carbocycles. The van der Waals surface area contributed by atoms with Crippen LogP contribution in [0.2, 0.25) is 0 Å². The first-order chi connectivity index (χ1) is 7.72. The van der Waals surface area contributed by atoms with Crippen LogP contribution in [-0.4, -0.2) is 11.5 Å². The second-order valence-corrected chi connectivity index (χ2v) is 5.55. The van der Waals surface area contributed by atoms with Crippen molar-refractivity contribution in [3.05, 3.63) is 28.2 Å². The van der Waals surface area contributed by atoms with Crippen molar-refractivity contribution in [1.29, 1.82) is 0 Å². The molecule has 1 N–H and O–H groups in total. The Labute approximate surface area is 103 Å². The number of hydrogen-bond acceptors (Lipinski definition) is 3. The van der Waals surface area contributed by atoms with E-state index in [0.29, 0.717) is 5.92 Å². The Morgan fingerprint density at radius 3 is 3.00 bits per heavy atom. The van der Waals surface area contributed by atoms with Gasteiger partial charge in [0.2, 0.25) is 0 Å². The highest BCUT2D eigenvalue weighted by atomic mass is 32.1. The van der Waals surface area contributed by atoms with E-state index >= 15 is 0 Å². The van der Waals surface area contributed by atoms with Gasteiger partial charge in [0, 0.05) is 24.0 Å². The summed E-state index contributed by atoms with van der Waals surface area (Å²) < 4.78 is 0. The molecular formula is C13H22N2S. The maximum absolute atomic E-state index is 4.44. The monoisotopic (exact) mass is 238 g/mol. The van der Waals surface area contributed by atoms with E-state index in [1.54, 1.807) is 0 Å². The normalized spacial score (nSPS) is 11.8. The molecule has 1 heterocycles. The molecule has 0 amide bonds. The topological polar surface area (TPSA) is 24.9 Å². The zero-order chi connectivity index (χ0) is 11.8. The van der Waals surface area contributed by atoms with Crippen LogP contribution >= 0.6 is 11.3 Å². The first-order valence-electron chi connectivity index (χ1n) is 5.97. The summed E-state index contributed by atoms with van der Waals surface area (Å²) in [6.07, 6.45) is 8.49. The second kappa shape index (κ2) is 7.58. The lowest BCUT2D eigenvalue weighted by Gasteiger charge is -2.00. The van der Waals surface area contributed by atoms with Crippen LogP contribution < -0.4 is 5.32 Å². The van der Waals surface area contributed by atoms with Crippen molar-refractivity contribution >= 4 is 11.3 Å². The fourth-order valence-corrected chi connectivity index (χ4v) is 2.54. The smallest absolute Gasteiger partial charge is 0.0930 e. The standard InChI is InChI=1S/C13H22N2S/c1-4-5-6-7-14-9-12-10-15-13(16-12)8-11(2)3/h4-5,10-11,14H,6-9H2,1-3H3/b5-4+. The van der Waals surface area contributed by atoms with Gasteiger partial charge in [0.25, 0.3) is 0 Å². The molecule has 90 valence electrons. The molecule has 0 aliphatic rings. The highest BCUT2D eigenvalue weighted by Gasteiger charge is 2.03. The molecule has 1 aromatic rings. The largest absolute Gasteiger partial charge is 0.311 e. The molecule has 0 aliphatic heterocycles. The van der Waals surface area contributed by atoms with Crippen molar-refractivity contribution in [2.24, 2.45) is 5.92 Å². The van der Waals surface area contributed by atoms with Gasteiger partial charge in [0.05, 0.1) is 5.01 Å². The zero-order valence-corrected chi connectivity index (χ0v) is 11.3. The Morgan fingerprint density at radius 2 is 2.31 bits per heavy atom. The lowest BCUT2D eigenvalue weighted by molar-refractivity contribution is 0.644. The van der Waals surface area contributed by atoms with Crippen LogP contribution in [0.4, 0.5) is 0 Å². The van der Waals surface area contributed by atoms with E-state index in [4.69, 9.17) is 0 Å². The molecule has 0 bridgehead atoms. The van der Waals surface area contributed by atoms with Crippen LogP contribution in [0.5, 0.6) is 0 Å². The van der Waals surface area contributed by atoms with Gasteiger partial charge in [0.15, 0.2) is 0 Å².